The second-order valence-electron chi connectivity index (χ2n) is 8.36. The van der Waals surface area contributed by atoms with Crippen molar-refractivity contribution in [3.63, 3.8) is 0 Å². The van der Waals surface area contributed by atoms with Crippen molar-refractivity contribution in [2.45, 2.75) is 19.6 Å². The smallest absolute Gasteiger partial charge is 0.320 e. The van der Waals surface area contributed by atoms with Gasteiger partial charge in [0.15, 0.2) is 5.78 Å². The number of rotatable bonds is 4. The number of para-hydroxylation sites is 1. The first-order chi connectivity index (χ1) is 16.2. The molecule has 2 aromatic rings. The molecule has 0 fully saturated rings. The van der Waals surface area contributed by atoms with Crippen molar-refractivity contribution in [2.75, 3.05) is 31.8 Å². The molecule has 11 heteroatoms. The number of anilines is 2. The minimum absolute atomic E-state index is 0.0586. The molecule has 0 saturated heterocycles. The largest absolute Gasteiger partial charge is 0.367 e. The minimum Gasteiger partial charge on any atom is -0.367 e. The van der Waals surface area contributed by atoms with E-state index in [1.165, 1.54) is 21.4 Å². The van der Waals surface area contributed by atoms with Gasteiger partial charge in [0.2, 0.25) is 5.91 Å². The van der Waals surface area contributed by atoms with E-state index < -0.39 is 6.17 Å². The molecule has 3 heterocycles. The molecule has 1 unspecified atom stereocenters. The molecule has 0 saturated carbocycles. The summed E-state index contributed by atoms with van der Waals surface area (Å²) in [6, 6.07) is 9.14. The van der Waals surface area contributed by atoms with Gasteiger partial charge in [-0.1, -0.05) is 18.2 Å². The number of nitrogens with zero attached hydrogens (tertiary/aromatic N) is 4. The average Bonchev–Trinajstić information content (AvgIpc) is 3.10. The standard InChI is InChI=1S/C23H28N8O3/c1-14(32)30(24)19-11-15(9-10-26-19)22-21(27-16-7-5-4-6-8-16)20-17(31(22)25)12-29(13-18(20)33)23(34)28(2)3/h4-11,19,26-27H,12-13,24-25H2,1-3H3. The predicted molar refractivity (Wildman–Crippen MR) is 129 cm³/mol. The van der Waals surface area contributed by atoms with Crippen LogP contribution in [0.1, 0.15) is 28.7 Å². The Morgan fingerprint density at radius 1 is 1.18 bits per heavy atom. The lowest BCUT2D eigenvalue weighted by Gasteiger charge is -2.29. The number of nitrogens with one attached hydrogen (secondary N) is 2. The number of hydrogen-bond donors (Lipinski definition) is 4. The number of Topliss-reactive ketones (excluding diaryl/α,β-unsaturated/α-hetero) is 1. The van der Waals surface area contributed by atoms with E-state index in [2.05, 4.69) is 10.6 Å². The highest BCUT2D eigenvalue weighted by Gasteiger charge is 2.36. The molecule has 1 atom stereocenters. The number of hydrogen-bond acceptors (Lipinski definition) is 7. The van der Waals surface area contributed by atoms with Crippen LogP contribution in [0, 0.1) is 0 Å². The van der Waals surface area contributed by atoms with Gasteiger partial charge in [0, 0.05) is 32.3 Å². The number of ketones is 1. The highest BCUT2D eigenvalue weighted by Crippen LogP contribution is 2.38. The van der Waals surface area contributed by atoms with Crippen LogP contribution in [0.5, 0.6) is 0 Å². The van der Waals surface area contributed by atoms with Crippen molar-refractivity contribution in [3.05, 3.63) is 65.6 Å². The number of hydrazine groups is 1. The quantitative estimate of drug-likeness (QED) is 0.302. The molecule has 34 heavy (non-hydrogen) atoms. The van der Waals surface area contributed by atoms with Gasteiger partial charge >= 0.3 is 6.03 Å². The fourth-order valence-electron chi connectivity index (χ4n) is 4.10. The van der Waals surface area contributed by atoms with E-state index in [9.17, 15) is 14.4 Å². The maximum atomic E-state index is 13.3. The SMILES string of the molecule is CC(=O)N(N)C1C=C(c2c(Nc3ccccc3)c3c(n2N)CN(C(=O)N(C)C)CC3=O)C=CN1. The lowest BCUT2D eigenvalue weighted by molar-refractivity contribution is -0.130. The van der Waals surface area contributed by atoms with E-state index in [1.54, 1.807) is 32.4 Å². The Kier molecular flexibility index (Phi) is 6.03. The molecule has 0 aliphatic carbocycles. The maximum absolute atomic E-state index is 13.3. The van der Waals surface area contributed by atoms with Gasteiger partial charge in [0.05, 0.1) is 35.7 Å². The Morgan fingerprint density at radius 3 is 2.53 bits per heavy atom. The number of allylic oxidation sites excluding steroid dienone is 2. The molecule has 1 aromatic carbocycles. The number of fused-ring (bicyclic) bond motifs is 1. The van der Waals surface area contributed by atoms with Crippen LogP contribution in [-0.4, -0.2) is 64.0 Å². The third-order valence-corrected chi connectivity index (χ3v) is 5.76. The van der Waals surface area contributed by atoms with Crippen molar-refractivity contribution in [1.82, 2.24) is 24.8 Å². The van der Waals surface area contributed by atoms with E-state index in [0.29, 0.717) is 28.2 Å². The second kappa shape index (κ2) is 8.94. The van der Waals surface area contributed by atoms with Gasteiger partial charge in [-0.25, -0.2) is 10.6 Å². The van der Waals surface area contributed by atoms with Crippen LogP contribution in [0.25, 0.3) is 5.57 Å². The topological polar surface area (TPSA) is 142 Å². The van der Waals surface area contributed by atoms with Gasteiger partial charge < -0.3 is 26.3 Å². The van der Waals surface area contributed by atoms with Gasteiger partial charge in [-0.05, 0) is 30.5 Å². The average molecular weight is 465 g/mol. The van der Waals surface area contributed by atoms with E-state index in [0.717, 1.165) is 10.7 Å². The van der Waals surface area contributed by atoms with Gasteiger partial charge in [0.1, 0.15) is 6.17 Å². The monoisotopic (exact) mass is 464 g/mol. The number of nitrogens with two attached hydrogens (primary N) is 2. The number of dihydropyridines is 1. The molecule has 178 valence electrons. The normalized spacial score (nSPS) is 16.9. The fraction of sp³-hybridized carbons (Fsp3) is 0.261. The summed E-state index contributed by atoms with van der Waals surface area (Å²) in [5, 5.41) is 7.43. The zero-order chi connectivity index (χ0) is 24.6. The number of amides is 3. The van der Waals surface area contributed by atoms with Crippen molar-refractivity contribution in [2.24, 2.45) is 5.84 Å². The molecular weight excluding hydrogens is 436 g/mol. The van der Waals surface area contributed by atoms with Crippen LogP contribution >= 0.6 is 0 Å². The van der Waals surface area contributed by atoms with Crippen LogP contribution in [0.3, 0.4) is 0 Å². The lowest BCUT2D eigenvalue weighted by Crippen LogP contribution is -2.50. The molecule has 0 spiro atoms. The van der Waals surface area contributed by atoms with Crippen LogP contribution in [0.2, 0.25) is 0 Å². The van der Waals surface area contributed by atoms with Crippen LogP contribution in [0.4, 0.5) is 16.2 Å². The van der Waals surface area contributed by atoms with E-state index >= 15 is 0 Å². The Labute approximate surface area is 197 Å². The summed E-state index contributed by atoms with van der Waals surface area (Å²) in [5.41, 5.74) is 3.46. The zero-order valence-electron chi connectivity index (χ0n) is 19.3. The zero-order valence-corrected chi connectivity index (χ0v) is 19.3. The summed E-state index contributed by atoms with van der Waals surface area (Å²) in [6.45, 7) is 1.49. The first-order valence-electron chi connectivity index (χ1n) is 10.7. The first kappa shape index (κ1) is 22.9. The molecule has 1 aromatic heterocycles. The van der Waals surface area contributed by atoms with Crippen molar-refractivity contribution < 1.29 is 14.4 Å². The summed E-state index contributed by atoms with van der Waals surface area (Å²) in [6.07, 6.45) is 4.62. The first-order valence-corrected chi connectivity index (χ1v) is 10.7. The maximum Gasteiger partial charge on any atom is 0.320 e. The summed E-state index contributed by atoms with van der Waals surface area (Å²) >= 11 is 0. The highest BCUT2D eigenvalue weighted by molar-refractivity contribution is 6.09. The minimum atomic E-state index is -0.600. The fourth-order valence-corrected chi connectivity index (χ4v) is 4.10. The molecule has 4 rings (SSSR count). The van der Waals surface area contributed by atoms with Crippen molar-refractivity contribution in [1.29, 1.82) is 0 Å². The third kappa shape index (κ3) is 4.08. The van der Waals surface area contributed by atoms with Gasteiger partial charge in [-0.15, -0.1) is 0 Å². The predicted octanol–water partition coefficient (Wildman–Crippen LogP) is 1.17. The third-order valence-electron chi connectivity index (χ3n) is 5.76. The highest BCUT2D eigenvalue weighted by atomic mass is 16.2. The van der Waals surface area contributed by atoms with Gasteiger partial charge in [-0.3, -0.25) is 19.3 Å². The Hall–Kier alpha value is -4.25. The molecule has 2 aliphatic heterocycles. The summed E-state index contributed by atoms with van der Waals surface area (Å²) < 4.78 is 1.43. The second-order valence-corrected chi connectivity index (χ2v) is 8.36. The van der Waals surface area contributed by atoms with Crippen LogP contribution < -0.4 is 22.3 Å². The number of benzene rings is 1. The Bertz CT molecular complexity index is 1200. The lowest BCUT2D eigenvalue weighted by atomic mass is 10.0. The van der Waals surface area contributed by atoms with E-state index in [4.69, 9.17) is 11.7 Å². The van der Waals surface area contributed by atoms with E-state index in [1.807, 2.05) is 30.3 Å². The summed E-state index contributed by atoms with van der Waals surface area (Å²) in [4.78, 5) is 40.6. The summed E-state index contributed by atoms with van der Waals surface area (Å²) in [7, 11) is 3.27. The number of carbonyl (C=O) groups excluding carboxylic acids is 3. The van der Waals surface area contributed by atoms with Crippen molar-refractivity contribution >= 4 is 34.7 Å². The number of carbonyl (C=O) groups is 3. The molecule has 3 amide bonds. The number of urea groups is 1. The molecule has 0 bridgehead atoms. The Morgan fingerprint density at radius 2 is 1.88 bits per heavy atom. The van der Waals surface area contributed by atoms with Crippen molar-refractivity contribution in [3.8, 4) is 0 Å². The number of nitrogen functional groups attached to an aromatic ring is 1. The molecule has 11 nitrogen and oxygen atoms in total. The molecule has 0 radical (unpaired) electrons. The summed E-state index contributed by atoms with van der Waals surface area (Å²) in [5.74, 6) is 11.9. The van der Waals surface area contributed by atoms with Crippen LogP contribution in [-0.2, 0) is 11.3 Å². The molecule has 6 N–H and O–H groups in total. The Balaban J connectivity index is 1.85. The number of aromatic nitrogens is 1. The van der Waals surface area contributed by atoms with Crippen LogP contribution in [0.15, 0.2) is 48.7 Å². The molecule has 2 aliphatic rings. The van der Waals surface area contributed by atoms with Gasteiger partial charge in [0.25, 0.3) is 0 Å². The van der Waals surface area contributed by atoms with E-state index in [-0.39, 0.29) is 30.8 Å². The van der Waals surface area contributed by atoms with Gasteiger partial charge in [-0.2, -0.15) is 0 Å². The molecular formula is C23H28N8O3.